The molecule has 2 heterocycles. The van der Waals surface area contributed by atoms with Crippen LogP contribution in [0.25, 0.3) is 0 Å². The molecule has 0 aliphatic carbocycles. The molecule has 6 nitrogen and oxygen atoms in total. The quantitative estimate of drug-likeness (QED) is 0.598. The molecular formula is C25H27N3O3. The first kappa shape index (κ1) is 20.9. The molecule has 0 bridgehead atoms. The smallest absolute Gasteiger partial charge is 0.241 e. The molecule has 1 aliphatic heterocycles. The molecule has 160 valence electrons. The van der Waals surface area contributed by atoms with E-state index in [9.17, 15) is 4.79 Å². The third kappa shape index (κ3) is 5.03. The van der Waals surface area contributed by atoms with Crippen LogP contribution in [0, 0.1) is 5.92 Å². The molecule has 2 atom stereocenters. The first-order valence-corrected chi connectivity index (χ1v) is 10.5. The summed E-state index contributed by atoms with van der Waals surface area (Å²) in [5.41, 5.74) is 8.77. The Morgan fingerprint density at radius 3 is 2.68 bits per heavy atom. The number of aromatic nitrogens is 1. The first-order valence-electron chi connectivity index (χ1n) is 10.5. The van der Waals surface area contributed by atoms with E-state index in [0.717, 1.165) is 24.2 Å². The highest BCUT2D eigenvalue weighted by molar-refractivity contribution is 5.94. The molecule has 3 N–H and O–H groups in total. The normalized spacial score (nSPS) is 16.2. The first-order chi connectivity index (χ1) is 15.0. The maximum Gasteiger partial charge on any atom is 0.241 e. The monoisotopic (exact) mass is 417 g/mol. The lowest BCUT2D eigenvalue weighted by Gasteiger charge is -2.26. The van der Waals surface area contributed by atoms with E-state index in [1.165, 1.54) is 5.56 Å². The average molecular weight is 418 g/mol. The zero-order valence-corrected chi connectivity index (χ0v) is 17.7. The molecule has 1 aromatic heterocycles. The highest BCUT2D eigenvalue weighted by Gasteiger charge is 2.22. The van der Waals surface area contributed by atoms with Crippen LogP contribution in [0.2, 0.25) is 0 Å². The fourth-order valence-corrected chi connectivity index (χ4v) is 3.49. The summed E-state index contributed by atoms with van der Waals surface area (Å²) in [4.78, 5) is 16.4. The number of rotatable bonds is 6. The second-order valence-corrected chi connectivity index (χ2v) is 8.07. The maximum absolute atomic E-state index is 12.1. The summed E-state index contributed by atoms with van der Waals surface area (Å²) in [6, 6.07) is 19.0. The lowest BCUT2D eigenvalue weighted by atomic mass is 9.97. The van der Waals surface area contributed by atoms with Crippen LogP contribution in [0.5, 0.6) is 17.4 Å². The number of nitrogens with zero attached hydrogens (tertiary/aromatic N) is 1. The highest BCUT2D eigenvalue weighted by atomic mass is 16.5. The van der Waals surface area contributed by atoms with Crippen LogP contribution in [-0.2, 0) is 11.2 Å². The standard InChI is InChI=1S/C25H27N3O3/c1-16(2)24(26)25(29)28-19-9-13-23(27-15-19)30-20-10-12-22-18(14-20)8-11-21(31-22)17-6-4-3-5-7-17/h3-7,9-10,12-16,21,24H,8,11,26H2,1-2H3,(H,28,29)/t21-,24?/m1/s1. The fourth-order valence-electron chi connectivity index (χ4n) is 3.49. The van der Waals surface area contributed by atoms with Crippen molar-refractivity contribution in [3.8, 4) is 17.4 Å². The SMILES string of the molecule is CC(C)C(N)C(=O)Nc1ccc(Oc2ccc3c(c2)CC[C@H](c2ccccc2)O3)nc1. The van der Waals surface area contributed by atoms with Crippen molar-refractivity contribution in [3.63, 3.8) is 0 Å². The second-order valence-electron chi connectivity index (χ2n) is 8.07. The van der Waals surface area contributed by atoms with E-state index >= 15 is 0 Å². The molecular weight excluding hydrogens is 390 g/mol. The van der Waals surface area contributed by atoms with Gasteiger partial charge in [0.05, 0.1) is 17.9 Å². The summed E-state index contributed by atoms with van der Waals surface area (Å²) in [5, 5.41) is 2.77. The Balaban J connectivity index is 1.39. The van der Waals surface area contributed by atoms with Crippen molar-refractivity contribution >= 4 is 11.6 Å². The molecule has 1 amide bonds. The predicted octanol–water partition coefficient (Wildman–Crippen LogP) is 4.86. The van der Waals surface area contributed by atoms with Crippen LogP contribution in [0.15, 0.2) is 66.9 Å². The number of hydrogen-bond acceptors (Lipinski definition) is 5. The largest absolute Gasteiger partial charge is 0.485 e. The van der Waals surface area contributed by atoms with Crippen molar-refractivity contribution in [1.29, 1.82) is 0 Å². The number of ether oxygens (including phenoxy) is 2. The van der Waals surface area contributed by atoms with Gasteiger partial charge in [-0.25, -0.2) is 4.98 Å². The minimum absolute atomic E-state index is 0.0616. The number of amides is 1. The minimum Gasteiger partial charge on any atom is -0.485 e. The minimum atomic E-state index is -0.560. The van der Waals surface area contributed by atoms with E-state index < -0.39 is 6.04 Å². The van der Waals surface area contributed by atoms with Gasteiger partial charge < -0.3 is 20.5 Å². The van der Waals surface area contributed by atoms with Crippen molar-refractivity contribution in [1.82, 2.24) is 4.98 Å². The molecule has 1 aliphatic rings. The van der Waals surface area contributed by atoms with Crippen LogP contribution in [0.3, 0.4) is 0 Å². The molecule has 0 saturated heterocycles. The van der Waals surface area contributed by atoms with Crippen LogP contribution in [0.4, 0.5) is 5.69 Å². The summed E-state index contributed by atoms with van der Waals surface area (Å²) in [6.45, 7) is 3.82. The molecule has 2 aromatic carbocycles. The second kappa shape index (κ2) is 9.18. The number of nitrogens with one attached hydrogen (secondary N) is 1. The van der Waals surface area contributed by atoms with Gasteiger partial charge in [0.1, 0.15) is 17.6 Å². The molecule has 0 saturated carbocycles. The summed E-state index contributed by atoms with van der Waals surface area (Å²) in [5.74, 6) is 1.87. The Morgan fingerprint density at radius 1 is 1.16 bits per heavy atom. The van der Waals surface area contributed by atoms with Crippen LogP contribution in [0.1, 0.15) is 37.5 Å². The van der Waals surface area contributed by atoms with E-state index in [0.29, 0.717) is 17.3 Å². The van der Waals surface area contributed by atoms with Gasteiger partial charge in [-0.3, -0.25) is 4.79 Å². The van der Waals surface area contributed by atoms with E-state index in [-0.39, 0.29) is 17.9 Å². The van der Waals surface area contributed by atoms with E-state index in [2.05, 4.69) is 22.4 Å². The summed E-state index contributed by atoms with van der Waals surface area (Å²) < 4.78 is 12.1. The van der Waals surface area contributed by atoms with Gasteiger partial charge in [-0.1, -0.05) is 44.2 Å². The molecule has 4 rings (SSSR count). The molecule has 0 spiro atoms. The van der Waals surface area contributed by atoms with Crippen LogP contribution >= 0.6 is 0 Å². The molecule has 1 unspecified atom stereocenters. The molecule has 31 heavy (non-hydrogen) atoms. The Labute approximate surface area is 182 Å². The van der Waals surface area contributed by atoms with Gasteiger partial charge in [-0.2, -0.15) is 0 Å². The van der Waals surface area contributed by atoms with E-state index in [1.807, 2.05) is 50.2 Å². The molecule has 0 fully saturated rings. The third-order valence-corrected chi connectivity index (χ3v) is 5.40. The van der Waals surface area contributed by atoms with Crippen molar-refractivity contribution < 1.29 is 14.3 Å². The summed E-state index contributed by atoms with van der Waals surface area (Å²) >= 11 is 0. The molecule has 0 radical (unpaired) electrons. The zero-order valence-electron chi connectivity index (χ0n) is 17.7. The maximum atomic E-state index is 12.1. The van der Waals surface area contributed by atoms with Crippen LogP contribution < -0.4 is 20.5 Å². The number of aryl methyl sites for hydroxylation is 1. The van der Waals surface area contributed by atoms with Gasteiger partial charge in [0.15, 0.2) is 0 Å². The topological polar surface area (TPSA) is 86.5 Å². The van der Waals surface area contributed by atoms with Gasteiger partial charge in [0.25, 0.3) is 0 Å². The van der Waals surface area contributed by atoms with Gasteiger partial charge in [-0.15, -0.1) is 0 Å². The van der Waals surface area contributed by atoms with Crippen molar-refractivity contribution in [2.24, 2.45) is 11.7 Å². The number of fused-ring (bicyclic) bond motifs is 1. The summed E-state index contributed by atoms with van der Waals surface area (Å²) in [7, 11) is 0. The number of anilines is 1. The van der Waals surface area contributed by atoms with Gasteiger partial charge in [-0.05, 0) is 54.2 Å². The number of carbonyl (C=O) groups excluding carboxylic acids is 1. The average Bonchev–Trinajstić information content (AvgIpc) is 2.80. The number of nitrogens with two attached hydrogens (primary N) is 1. The Kier molecular flexibility index (Phi) is 6.18. The Bertz CT molecular complexity index is 1040. The van der Waals surface area contributed by atoms with E-state index in [1.54, 1.807) is 18.3 Å². The predicted molar refractivity (Wildman–Crippen MR) is 120 cm³/mol. The van der Waals surface area contributed by atoms with Gasteiger partial charge in [0, 0.05) is 6.07 Å². The van der Waals surface area contributed by atoms with Crippen molar-refractivity contribution in [2.45, 2.75) is 38.8 Å². The molecule has 3 aromatic rings. The van der Waals surface area contributed by atoms with Crippen molar-refractivity contribution in [3.05, 3.63) is 78.0 Å². The van der Waals surface area contributed by atoms with E-state index in [4.69, 9.17) is 15.2 Å². The number of benzene rings is 2. The summed E-state index contributed by atoms with van der Waals surface area (Å²) in [6.07, 6.45) is 3.48. The zero-order chi connectivity index (χ0) is 21.8. The number of carbonyl (C=O) groups is 1. The van der Waals surface area contributed by atoms with Crippen LogP contribution in [-0.4, -0.2) is 16.9 Å². The lowest BCUT2D eigenvalue weighted by molar-refractivity contribution is -0.118. The molecule has 6 heteroatoms. The van der Waals surface area contributed by atoms with Crippen molar-refractivity contribution in [2.75, 3.05) is 5.32 Å². The van der Waals surface area contributed by atoms with Gasteiger partial charge >= 0.3 is 0 Å². The Morgan fingerprint density at radius 2 is 1.97 bits per heavy atom. The lowest BCUT2D eigenvalue weighted by Crippen LogP contribution is -2.39. The number of hydrogen-bond donors (Lipinski definition) is 2. The fraction of sp³-hybridized carbons (Fsp3) is 0.280. The Hall–Kier alpha value is -3.38. The third-order valence-electron chi connectivity index (χ3n) is 5.40. The number of pyridine rings is 1. The highest BCUT2D eigenvalue weighted by Crippen LogP contribution is 2.37. The van der Waals surface area contributed by atoms with Gasteiger partial charge in [0.2, 0.25) is 11.8 Å².